The van der Waals surface area contributed by atoms with Crippen molar-refractivity contribution in [1.82, 2.24) is 9.62 Å². The molecule has 2 aliphatic heterocycles. The van der Waals surface area contributed by atoms with Crippen molar-refractivity contribution in [3.63, 3.8) is 0 Å². The highest BCUT2D eigenvalue weighted by molar-refractivity contribution is 7.90. The molecule has 2 aliphatic rings. The minimum atomic E-state index is -3.49. The highest BCUT2D eigenvalue weighted by atomic mass is 32.2. The fourth-order valence-electron chi connectivity index (χ4n) is 4.44. The number of carbonyl (C=O) groups excluding carboxylic acids is 1. The lowest BCUT2D eigenvalue weighted by molar-refractivity contribution is -0.131. The van der Waals surface area contributed by atoms with Gasteiger partial charge in [-0.3, -0.25) is 14.5 Å². The summed E-state index contributed by atoms with van der Waals surface area (Å²) in [6.07, 6.45) is 3.08. The Balaban J connectivity index is 1.18. The number of carbonyl (C=O) groups is 1. The first-order chi connectivity index (χ1) is 15.9. The van der Waals surface area contributed by atoms with Crippen molar-refractivity contribution >= 4 is 27.5 Å². The van der Waals surface area contributed by atoms with Crippen LogP contribution >= 0.6 is 0 Å². The molecule has 0 saturated carbocycles. The van der Waals surface area contributed by atoms with E-state index in [1.165, 1.54) is 16.8 Å². The number of amidine groups is 1. The van der Waals surface area contributed by atoms with Crippen molar-refractivity contribution in [3.05, 3.63) is 59.2 Å². The van der Waals surface area contributed by atoms with Crippen LogP contribution in [-0.4, -0.2) is 57.8 Å². The number of fused-ring (bicyclic) bond motifs is 1. The van der Waals surface area contributed by atoms with Gasteiger partial charge in [0, 0.05) is 50.4 Å². The van der Waals surface area contributed by atoms with Crippen LogP contribution in [0.15, 0.2) is 52.4 Å². The van der Waals surface area contributed by atoms with Crippen molar-refractivity contribution < 1.29 is 13.2 Å². The molecule has 0 atom stereocenters. The second-order valence-corrected chi connectivity index (χ2v) is 10.4. The van der Waals surface area contributed by atoms with E-state index < -0.39 is 10.0 Å². The van der Waals surface area contributed by atoms with Crippen molar-refractivity contribution in [3.8, 4) is 0 Å². The summed E-state index contributed by atoms with van der Waals surface area (Å²) >= 11 is 0. The summed E-state index contributed by atoms with van der Waals surface area (Å²) in [6, 6.07) is 13.3. The lowest BCUT2D eigenvalue weighted by atomic mass is 10.1. The van der Waals surface area contributed by atoms with Crippen LogP contribution in [-0.2, 0) is 14.8 Å². The van der Waals surface area contributed by atoms with Crippen LogP contribution in [0.4, 0.5) is 5.69 Å². The fourth-order valence-corrected chi connectivity index (χ4v) is 5.69. The summed E-state index contributed by atoms with van der Waals surface area (Å²) in [7, 11) is -3.49. The third-order valence-corrected chi connectivity index (χ3v) is 7.93. The molecular weight excluding hydrogens is 436 g/mol. The highest BCUT2D eigenvalue weighted by Gasteiger charge is 2.29. The predicted molar refractivity (Wildman–Crippen MR) is 131 cm³/mol. The molecule has 1 fully saturated rings. The molecular formula is C25H32N4O3S. The molecule has 4 rings (SSSR count). The third-order valence-electron chi connectivity index (χ3n) is 6.53. The Kier molecular flexibility index (Phi) is 7.02. The largest absolute Gasteiger partial charge is 0.368 e. The van der Waals surface area contributed by atoms with E-state index in [0.29, 0.717) is 24.4 Å². The molecule has 2 aromatic carbocycles. The van der Waals surface area contributed by atoms with Gasteiger partial charge in [-0.25, -0.2) is 8.42 Å². The fraction of sp³-hybridized carbons (Fsp3) is 0.440. The van der Waals surface area contributed by atoms with Crippen molar-refractivity contribution in [2.75, 3.05) is 37.6 Å². The van der Waals surface area contributed by atoms with Gasteiger partial charge in [0.25, 0.3) is 10.0 Å². The molecule has 8 heteroatoms. The van der Waals surface area contributed by atoms with Crippen LogP contribution < -0.4 is 9.62 Å². The zero-order valence-electron chi connectivity index (χ0n) is 19.4. The van der Waals surface area contributed by atoms with Gasteiger partial charge < -0.3 is 9.80 Å². The van der Waals surface area contributed by atoms with E-state index in [1.54, 1.807) is 18.2 Å². The molecule has 176 valence electrons. The predicted octanol–water partition coefficient (Wildman–Crippen LogP) is 3.25. The number of sulfonamides is 1. The molecule has 0 aliphatic carbocycles. The third kappa shape index (κ3) is 5.21. The topological polar surface area (TPSA) is 82.1 Å². The normalized spacial score (nSPS) is 18.3. The van der Waals surface area contributed by atoms with E-state index in [4.69, 9.17) is 0 Å². The van der Waals surface area contributed by atoms with Crippen LogP contribution in [0, 0.1) is 13.8 Å². The summed E-state index contributed by atoms with van der Waals surface area (Å²) in [5.74, 6) is 0.641. The Morgan fingerprint density at radius 1 is 0.970 bits per heavy atom. The Bertz CT molecular complexity index is 1150. The van der Waals surface area contributed by atoms with Crippen LogP contribution in [0.25, 0.3) is 0 Å². The Morgan fingerprint density at radius 3 is 2.52 bits per heavy atom. The monoisotopic (exact) mass is 468 g/mol. The van der Waals surface area contributed by atoms with Crippen molar-refractivity contribution in [1.29, 1.82) is 0 Å². The van der Waals surface area contributed by atoms with Crippen LogP contribution in [0.5, 0.6) is 0 Å². The lowest BCUT2D eigenvalue weighted by Crippen LogP contribution is -2.49. The number of hydrogen-bond acceptors (Lipinski definition) is 5. The van der Waals surface area contributed by atoms with Gasteiger partial charge in [0.1, 0.15) is 5.84 Å². The van der Waals surface area contributed by atoms with Gasteiger partial charge in [0.2, 0.25) is 5.91 Å². The van der Waals surface area contributed by atoms with E-state index in [1.807, 2.05) is 11.0 Å². The Hall–Kier alpha value is -2.87. The second kappa shape index (κ2) is 9.95. The maximum atomic E-state index is 12.6. The maximum Gasteiger partial charge on any atom is 0.263 e. The molecule has 0 aromatic heterocycles. The molecule has 2 heterocycles. The zero-order chi connectivity index (χ0) is 23.4. The molecule has 33 heavy (non-hydrogen) atoms. The van der Waals surface area contributed by atoms with Gasteiger partial charge in [-0.2, -0.15) is 0 Å². The molecule has 7 nitrogen and oxygen atoms in total. The van der Waals surface area contributed by atoms with Crippen molar-refractivity contribution in [2.45, 2.75) is 44.4 Å². The number of rotatable bonds is 7. The van der Waals surface area contributed by atoms with Crippen LogP contribution in [0.3, 0.4) is 0 Å². The van der Waals surface area contributed by atoms with Gasteiger partial charge >= 0.3 is 0 Å². The first-order valence-corrected chi connectivity index (χ1v) is 13.1. The number of amides is 1. The van der Waals surface area contributed by atoms with Gasteiger partial charge in [0.05, 0.1) is 4.90 Å². The molecule has 0 unspecified atom stereocenters. The number of nitrogens with zero attached hydrogens (tertiary/aromatic N) is 3. The number of benzene rings is 2. The first kappa shape index (κ1) is 23.3. The van der Waals surface area contributed by atoms with E-state index in [9.17, 15) is 13.2 Å². The molecule has 0 radical (unpaired) electrons. The smallest absolute Gasteiger partial charge is 0.263 e. The van der Waals surface area contributed by atoms with Crippen LogP contribution in [0.1, 0.15) is 42.4 Å². The van der Waals surface area contributed by atoms with E-state index >= 15 is 0 Å². The van der Waals surface area contributed by atoms with Gasteiger partial charge in [-0.1, -0.05) is 30.7 Å². The average molecular weight is 469 g/mol. The molecule has 0 bridgehead atoms. The number of unbranched alkanes of at least 4 members (excludes halogenated alkanes) is 2. The quantitative estimate of drug-likeness (QED) is 0.633. The van der Waals surface area contributed by atoms with Gasteiger partial charge in [-0.15, -0.1) is 0 Å². The molecule has 1 N–H and O–H groups in total. The van der Waals surface area contributed by atoms with Crippen molar-refractivity contribution in [2.24, 2.45) is 4.99 Å². The van der Waals surface area contributed by atoms with E-state index in [2.05, 4.69) is 46.7 Å². The Labute approximate surface area is 196 Å². The SMILES string of the molecule is Cc1cccc(N2CCN(C(=O)CCCCCN=C3NS(=O)(=O)c4ccccc43)CC2)c1C. The van der Waals surface area contributed by atoms with E-state index in [-0.39, 0.29) is 10.8 Å². The van der Waals surface area contributed by atoms with Gasteiger partial charge in [0.15, 0.2) is 0 Å². The Morgan fingerprint density at radius 2 is 1.73 bits per heavy atom. The number of nitrogens with one attached hydrogen (secondary N) is 1. The zero-order valence-corrected chi connectivity index (χ0v) is 20.2. The minimum absolute atomic E-state index is 0.222. The summed E-state index contributed by atoms with van der Waals surface area (Å²) in [4.78, 5) is 21.7. The highest BCUT2D eigenvalue weighted by Crippen LogP contribution is 2.24. The maximum absolute atomic E-state index is 12.6. The first-order valence-electron chi connectivity index (χ1n) is 11.6. The summed E-state index contributed by atoms with van der Waals surface area (Å²) < 4.78 is 26.8. The van der Waals surface area contributed by atoms with E-state index in [0.717, 1.165) is 45.4 Å². The lowest BCUT2D eigenvalue weighted by Gasteiger charge is -2.37. The molecule has 1 amide bonds. The summed E-state index contributed by atoms with van der Waals surface area (Å²) in [5.41, 5.74) is 4.52. The van der Waals surface area contributed by atoms with Crippen LogP contribution in [0.2, 0.25) is 0 Å². The standard InChI is InChI=1S/C25H32N4O3S/c1-19-9-8-11-22(20(19)2)28-15-17-29(18-16-28)24(30)13-4-3-7-14-26-25-21-10-5-6-12-23(21)33(31,32)27-25/h5-6,8-12H,3-4,7,13-18H2,1-2H3,(H,26,27). The molecule has 2 aromatic rings. The molecule has 1 saturated heterocycles. The summed E-state index contributed by atoms with van der Waals surface area (Å²) in [5, 5.41) is 0. The number of anilines is 1. The number of piperazine rings is 1. The average Bonchev–Trinajstić information content (AvgIpc) is 3.08. The number of aliphatic imine (C=N–C) groups is 1. The second-order valence-electron chi connectivity index (χ2n) is 8.73. The summed E-state index contributed by atoms with van der Waals surface area (Å²) in [6.45, 7) is 8.09. The molecule has 0 spiro atoms. The number of hydrogen-bond donors (Lipinski definition) is 1. The number of aryl methyl sites for hydroxylation is 1. The van der Waals surface area contributed by atoms with Gasteiger partial charge in [-0.05, 0) is 56.0 Å². The minimum Gasteiger partial charge on any atom is -0.368 e.